The second-order valence-electron chi connectivity index (χ2n) is 17.9. The zero-order valence-electron chi connectivity index (χ0n) is 39.7. The van der Waals surface area contributed by atoms with Gasteiger partial charge in [0.05, 0.1) is 47.1 Å². The van der Waals surface area contributed by atoms with Gasteiger partial charge < -0.3 is 43.7 Å². The lowest BCUT2D eigenvalue weighted by Gasteiger charge is -2.35. The highest BCUT2D eigenvalue weighted by Crippen LogP contribution is 2.53. The van der Waals surface area contributed by atoms with Crippen LogP contribution < -0.4 is 24.3 Å². The van der Waals surface area contributed by atoms with E-state index in [-0.39, 0.29) is 31.6 Å². The summed E-state index contributed by atoms with van der Waals surface area (Å²) in [5, 5.41) is 15.2. The molecule has 16 nitrogen and oxygen atoms in total. The number of fused-ring (bicyclic) bond motifs is 7. The third kappa shape index (κ3) is 10.9. The van der Waals surface area contributed by atoms with Crippen LogP contribution in [0.25, 0.3) is 43.2 Å². The van der Waals surface area contributed by atoms with Crippen molar-refractivity contribution in [2.45, 2.75) is 45.2 Å². The van der Waals surface area contributed by atoms with Crippen molar-refractivity contribution >= 4 is 56.5 Å². The Bertz CT molecular complexity index is 3050. The Morgan fingerprint density at radius 2 is 1.69 bits per heavy atom. The maximum Gasteiger partial charge on any atom is 0.345 e. The number of carbonyl (C=O) groups is 1. The number of rotatable bonds is 11. The highest BCUT2D eigenvalue weighted by Gasteiger charge is 2.32. The number of pyridine rings is 1. The first-order chi connectivity index (χ1) is 34.9. The lowest BCUT2D eigenvalue weighted by atomic mass is 9.92. The monoisotopic (exact) mass is 1040 g/mol. The first-order valence-corrected chi connectivity index (χ1v) is 25.1. The van der Waals surface area contributed by atoms with Gasteiger partial charge in [0.2, 0.25) is 12.0 Å². The summed E-state index contributed by atoms with van der Waals surface area (Å²) in [6.45, 7) is 10.1. The second-order valence-corrected chi connectivity index (χ2v) is 19.6. The number of carboxylic acids is 1. The summed E-state index contributed by atoms with van der Waals surface area (Å²) in [6, 6.07) is 16.9. The molecule has 0 spiro atoms. The smallest absolute Gasteiger partial charge is 0.345 e. The lowest BCUT2D eigenvalue weighted by molar-refractivity contribution is -0.145. The van der Waals surface area contributed by atoms with Crippen molar-refractivity contribution in [1.29, 1.82) is 0 Å². The van der Waals surface area contributed by atoms with Crippen molar-refractivity contribution in [2.24, 2.45) is 0 Å². The number of likely N-dealkylation sites (N-methyl/N-ethyl adjacent to an activating group) is 1. The average molecular weight is 1040 g/mol. The van der Waals surface area contributed by atoms with Gasteiger partial charge in [-0.1, -0.05) is 35.3 Å². The van der Waals surface area contributed by atoms with Crippen molar-refractivity contribution in [3.63, 3.8) is 0 Å². The number of ether oxygens (including phenoxy) is 6. The number of halogens is 3. The molecule has 2 fully saturated rings. The van der Waals surface area contributed by atoms with Gasteiger partial charge in [-0.3, -0.25) is 4.90 Å². The molecular formula is C52H51Cl2FN8O8S. The number of piperazine rings is 1. The average Bonchev–Trinajstić information content (AvgIpc) is 3.78. The van der Waals surface area contributed by atoms with Gasteiger partial charge in [-0.25, -0.2) is 34.1 Å². The predicted molar refractivity (Wildman–Crippen MR) is 272 cm³/mol. The molecule has 2 N–H and O–H groups in total. The van der Waals surface area contributed by atoms with Gasteiger partial charge in [0.1, 0.15) is 53.6 Å². The molecule has 0 saturated carbocycles. The van der Waals surface area contributed by atoms with E-state index in [0.717, 1.165) is 26.2 Å². The van der Waals surface area contributed by atoms with Gasteiger partial charge in [0.15, 0.2) is 11.6 Å². The molecule has 20 heteroatoms. The molecule has 0 unspecified atom stereocenters. The van der Waals surface area contributed by atoms with Crippen molar-refractivity contribution in [2.75, 3.05) is 78.1 Å². The molecule has 11 rings (SSSR count). The highest BCUT2D eigenvalue weighted by atomic mass is 35.5. The SMILES string of the molecule is Cc1c(Cl)c2c(Cl)c(C)c1-c1c(-c3ccc(F)cc3)sc3ncnc(c13)O[C@@H](C(=O)O)Cc1cc(ccc1OCc1ccnc(-c3ccc(NC[C@H]4COCCO4)nc3)n1)OC[C@@H](CN1CCN(C)CC1)O2. The molecule has 4 aliphatic rings. The third-order valence-electron chi connectivity index (χ3n) is 12.9. The van der Waals surface area contributed by atoms with Crippen molar-refractivity contribution in [1.82, 2.24) is 34.7 Å². The first-order valence-electron chi connectivity index (χ1n) is 23.5. The van der Waals surface area contributed by atoms with E-state index in [1.165, 1.54) is 29.8 Å². The molecule has 0 aliphatic carbocycles. The van der Waals surface area contributed by atoms with E-state index in [4.69, 9.17) is 56.6 Å². The fourth-order valence-electron chi connectivity index (χ4n) is 8.98. The largest absolute Gasteiger partial charge is 0.490 e. The first kappa shape index (κ1) is 49.3. The highest BCUT2D eigenvalue weighted by molar-refractivity contribution is 7.22. The molecule has 2 saturated heterocycles. The molecule has 7 aromatic rings. The number of thiophene rings is 1. The maximum atomic E-state index is 14.4. The molecule has 0 amide bonds. The quantitative estimate of drug-likeness (QED) is 0.126. The number of hydrogen-bond donors (Lipinski definition) is 2. The Hall–Kier alpha value is -6.25. The topological polar surface area (TPSA) is 176 Å². The summed E-state index contributed by atoms with van der Waals surface area (Å²) < 4.78 is 52.0. The van der Waals surface area contributed by atoms with Crippen molar-refractivity contribution in [3.8, 4) is 56.1 Å². The van der Waals surface area contributed by atoms with Gasteiger partial charge in [0, 0.05) is 79.7 Å². The molecule has 4 aromatic heterocycles. The number of aliphatic carboxylic acids is 1. The van der Waals surface area contributed by atoms with Crippen molar-refractivity contribution < 1.29 is 42.7 Å². The Kier molecular flexibility index (Phi) is 15.0. The summed E-state index contributed by atoms with van der Waals surface area (Å²) >= 11 is 16.0. The third-order valence-corrected chi connectivity index (χ3v) is 14.9. The van der Waals surface area contributed by atoms with Crippen LogP contribution in [-0.4, -0.2) is 137 Å². The maximum absolute atomic E-state index is 14.4. The van der Waals surface area contributed by atoms with Crippen LogP contribution in [0.4, 0.5) is 10.2 Å². The predicted octanol–water partition coefficient (Wildman–Crippen LogP) is 8.81. The summed E-state index contributed by atoms with van der Waals surface area (Å²) in [4.78, 5) is 42.2. The van der Waals surface area contributed by atoms with E-state index >= 15 is 0 Å². The van der Waals surface area contributed by atoms with Crippen LogP contribution in [0, 0.1) is 19.7 Å². The number of aromatic nitrogens is 5. The summed E-state index contributed by atoms with van der Waals surface area (Å²) in [7, 11) is 2.10. The Morgan fingerprint density at radius 3 is 2.43 bits per heavy atom. The van der Waals surface area contributed by atoms with Gasteiger partial charge in [-0.2, -0.15) is 0 Å². The van der Waals surface area contributed by atoms with Crippen LogP contribution >= 0.6 is 34.5 Å². The van der Waals surface area contributed by atoms with E-state index in [9.17, 15) is 14.3 Å². The molecule has 3 atom stereocenters. The number of carboxylic acid groups (broad SMARTS) is 1. The fourth-order valence-corrected chi connectivity index (χ4v) is 10.6. The lowest BCUT2D eigenvalue weighted by Crippen LogP contribution is -2.49. The summed E-state index contributed by atoms with van der Waals surface area (Å²) in [6.07, 6.45) is 2.43. The van der Waals surface area contributed by atoms with E-state index in [1.54, 1.807) is 48.8 Å². The number of hydrogen-bond acceptors (Lipinski definition) is 16. The van der Waals surface area contributed by atoms with E-state index < -0.39 is 24.0 Å². The van der Waals surface area contributed by atoms with E-state index in [0.29, 0.717) is 132 Å². The normalized spacial score (nSPS) is 18.7. The minimum absolute atomic E-state index is 0.0180. The number of benzene rings is 3. The molecule has 0 radical (unpaired) electrons. The molecule has 374 valence electrons. The molecule has 3 aromatic carbocycles. The molecule has 8 heterocycles. The van der Waals surface area contributed by atoms with Crippen LogP contribution in [0.5, 0.6) is 23.1 Å². The van der Waals surface area contributed by atoms with E-state index in [1.807, 2.05) is 26.0 Å². The zero-order chi connectivity index (χ0) is 49.9. The van der Waals surface area contributed by atoms with Crippen LogP contribution in [0.3, 0.4) is 0 Å². The van der Waals surface area contributed by atoms with Crippen LogP contribution in [0.1, 0.15) is 22.4 Å². The minimum Gasteiger partial charge on any atom is -0.490 e. The minimum atomic E-state index is -1.48. The molecule has 4 aliphatic heterocycles. The van der Waals surface area contributed by atoms with Crippen LogP contribution in [0.15, 0.2) is 79.4 Å². The number of nitrogens with zero attached hydrogens (tertiary/aromatic N) is 7. The van der Waals surface area contributed by atoms with Gasteiger partial charge in [-0.05, 0) is 91.7 Å². The fraction of sp³-hybridized carbons (Fsp3) is 0.346. The second kappa shape index (κ2) is 21.8. The number of nitrogens with one attached hydrogen (secondary N) is 1. The van der Waals surface area contributed by atoms with Gasteiger partial charge >= 0.3 is 5.97 Å². The molecular weight excluding hydrogens is 987 g/mol. The molecule has 4 bridgehead atoms. The summed E-state index contributed by atoms with van der Waals surface area (Å²) in [5.41, 5.74) is 5.00. The van der Waals surface area contributed by atoms with Crippen LogP contribution in [-0.2, 0) is 27.3 Å². The van der Waals surface area contributed by atoms with E-state index in [2.05, 4.69) is 42.1 Å². The van der Waals surface area contributed by atoms with Crippen LogP contribution in [0.2, 0.25) is 10.0 Å². The summed E-state index contributed by atoms with van der Waals surface area (Å²) in [5.74, 6) is 0.641. The Morgan fingerprint density at radius 1 is 0.903 bits per heavy atom. The van der Waals surface area contributed by atoms with Crippen molar-refractivity contribution in [3.05, 3.63) is 118 Å². The van der Waals surface area contributed by atoms with Gasteiger partial charge in [0.25, 0.3) is 0 Å². The zero-order valence-corrected chi connectivity index (χ0v) is 42.0. The Balaban J connectivity index is 1.01. The Labute approximate surface area is 429 Å². The number of anilines is 1. The van der Waals surface area contributed by atoms with Gasteiger partial charge in [-0.15, -0.1) is 11.3 Å². The molecule has 72 heavy (non-hydrogen) atoms. The standard InChI is InChI=1S/C52H51Cl2FN8O8S/c1-29-42-30(2)46(54)47(45(29)53)70-38(24-63-16-14-62(3)15-17-63)27-68-36-9-10-39(69-25-35-12-13-56-49(61-35)32-6-11-41(57-22-32)58-23-37-26-66-18-19-67-37)33(20-36)21-40(52(64)65)71-50-44-43(42)48(72-51(44)60-28-59-50)31-4-7-34(55)8-5-31/h4-13,20,22,28,37-38,40H,14-19,21,23-27H2,1-3H3,(H,57,58)(H,64,65)/t37-,38+,40+/m0/s1.